The van der Waals surface area contributed by atoms with Gasteiger partial charge in [0.1, 0.15) is 0 Å². The van der Waals surface area contributed by atoms with Gasteiger partial charge in [-0.1, -0.05) is 11.6 Å². The maximum absolute atomic E-state index is 12.4. The van der Waals surface area contributed by atoms with E-state index in [-0.39, 0.29) is 18.2 Å². The number of hydrogen-bond donors (Lipinski definition) is 1. The molecular weight excluding hydrogens is 326 g/mol. The number of benzene rings is 2. The van der Waals surface area contributed by atoms with Crippen LogP contribution in [0.3, 0.4) is 0 Å². The molecule has 5 nitrogen and oxygen atoms in total. The van der Waals surface area contributed by atoms with Crippen molar-refractivity contribution in [2.24, 2.45) is 5.92 Å². The number of nitrogens with zero attached hydrogens (tertiary/aromatic N) is 2. The Morgan fingerprint density at radius 1 is 1.17 bits per heavy atom. The molecule has 0 aliphatic carbocycles. The van der Waals surface area contributed by atoms with E-state index in [4.69, 9.17) is 16.9 Å². The standard InChI is InChI=1S/C18H14ClN3O2/c19-14-3-7-16(8-4-14)22-11-13(9-17(22)23)18(24)21-15-5-1-12(10-20)2-6-15/h1-8,13H,9,11H2,(H,21,24). The number of carbonyl (C=O) groups is 2. The van der Waals surface area contributed by atoms with Crippen LogP contribution in [-0.2, 0) is 9.59 Å². The molecule has 1 heterocycles. The lowest BCUT2D eigenvalue weighted by Gasteiger charge is -2.16. The normalized spacial score (nSPS) is 16.8. The smallest absolute Gasteiger partial charge is 0.229 e. The number of nitrogens with one attached hydrogen (secondary N) is 1. The second-order valence-corrected chi connectivity index (χ2v) is 6.00. The topological polar surface area (TPSA) is 73.2 Å². The van der Waals surface area contributed by atoms with Gasteiger partial charge < -0.3 is 10.2 Å². The van der Waals surface area contributed by atoms with Gasteiger partial charge in [-0.3, -0.25) is 9.59 Å². The zero-order valence-corrected chi connectivity index (χ0v) is 13.5. The minimum Gasteiger partial charge on any atom is -0.326 e. The zero-order valence-electron chi connectivity index (χ0n) is 12.7. The number of carbonyl (C=O) groups excluding carboxylic acids is 2. The first-order valence-electron chi connectivity index (χ1n) is 7.44. The summed E-state index contributed by atoms with van der Waals surface area (Å²) in [6.45, 7) is 0.336. The Morgan fingerprint density at radius 3 is 2.46 bits per heavy atom. The van der Waals surface area contributed by atoms with Gasteiger partial charge in [-0.2, -0.15) is 5.26 Å². The van der Waals surface area contributed by atoms with Crippen LogP contribution in [0.25, 0.3) is 0 Å². The summed E-state index contributed by atoms with van der Waals surface area (Å²) in [4.78, 5) is 26.2. The largest absolute Gasteiger partial charge is 0.326 e. The summed E-state index contributed by atoms with van der Waals surface area (Å²) in [5, 5.41) is 12.2. The molecule has 1 atom stereocenters. The second-order valence-electron chi connectivity index (χ2n) is 5.56. The third-order valence-corrected chi connectivity index (χ3v) is 4.17. The summed E-state index contributed by atoms with van der Waals surface area (Å²) in [7, 11) is 0. The van der Waals surface area contributed by atoms with Gasteiger partial charge in [0.05, 0.1) is 17.6 Å². The number of anilines is 2. The molecule has 3 rings (SSSR count). The Kier molecular flexibility index (Phi) is 4.50. The molecule has 1 aliphatic heterocycles. The van der Waals surface area contributed by atoms with E-state index in [1.165, 1.54) is 0 Å². The fraction of sp³-hybridized carbons (Fsp3) is 0.167. The van der Waals surface area contributed by atoms with E-state index in [1.54, 1.807) is 53.4 Å². The number of hydrogen-bond acceptors (Lipinski definition) is 3. The fourth-order valence-corrected chi connectivity index (χ4v) is 2.75. The van der Waals surface area contributed by atoms with E-state index in [2.05, 4.69) is 5.32 Å². The molecule has 120 valence electrons. The van der Waals surface area contributed by atoms with E-state index >= 15 is 0 Å². The summed E-state index contributed by atoms with van der Waals surface area (Å²) < 4.78 is 0. The summed E-state index contributed by atoms with van der Waals surface area (Å²) in [5.74, 6) is -0.703. The molecule has 1 unspecified atom stereocenters. The van der Waals surface area contributed by atoms with Crippen molar-refractivity contribution in [1.82, 2.24) is 0 Å². The fourth-order valence-electron chi connectivity index (χ4n) is 2.63. The highest BCUT2D eigenvalue weighted by Crippen LogP contribution is 2.27. The average Bonchev–Trinajstić information content (AvgIpc) is 2.98. The first-order valence-corrected chi connectivity index (χ1v) is 7.81. The summed E-state index contributed by atoms with van der Waals surface area (Å²) in [6.07, 6.45) is 0.171. The molecule has 0 saturated carbocycles. The van der Waals surface area contributed by atoms with E-state index in [0.717, 1.165) is 5.69 Å². The Bertz CT molecular complexity index is 810. The van der Waals surface area contributed by atoms with Crippen molar-refractivity contribution in [3.8, 4) is 6.07 Å². The van der Waals surface area contributed by atoms with Gasteiger partial charge in [-0.05, 0) is 48.5 Å². The molecule has 2 aromatic carbocycles. The molecular formula is C18H14ClN3O2. The van der Waals surface area contributed by atoms with Gasteiger partial charge in [0.15, 0.2) is 0 Å². The van der Waals surface area contributed by atoms with E-state index in [1.807, 2.05) is 6.07 Å². The second kappa shape index (κ2) is 6.73. The molecule has 0 radical (unpaired) electrons. The lowest BCUT2D eigenvalue weighted by Crippen LogP contribution is -2.28. The van der Waals surface area contributed by atoms with Crippen LogP contribution in [0.4, 0.5) is 11.4 Å². The maximum atomic E-state index is 12.4. The Balaban J connectivity index is 1.67. The van der Waals surface area contributed by atoms with Gasteiger partial charge in [-0.25, -0.2) is 0 Å². The van der Waals surface area contributed by atoms with Crippen molar-refractivity contribution in [1.29, 1.82) is 5.26 Å². The highest BCUT2D eigenvalue weighted by atomic mass is 35.5. The van der Waals surface area contributed by atoms with Crippen LogP contribution in [0.2, 0.25) is 5.02 Å². The van der Waals surface area contributed by atoms with Crippen LogP contribution in [0, 0.1) is 17.2 Å². The molecule has 0 spiro atoms. The van der Waals surface area contributed by atoms with E-state index in [9.17, 15) is 9.59 Å². The maximum Gasteiger partial charge on any atom is 0.229 e. The molecule has 2 amide bonds. The third-order valence-electron chi connectivity index (χ3n) is 3.92. The van der Waals surface area contributed by atoms with Crippen LogP contribution in [0.15, 0.2) is 48.5 Å². The minimum atomic E-state index is -0.413. The number of amides is 2. The molecule has 1 fully saturated rings. The Hall–Kier alpha value is -2.84. The summed E-state index contributed by atoms with van der Waals surface area (Å²) in [5.41, 5.74) is 1.87. The van der Waals surface area contributed by atoms with Crippen molar-refractivity contribution in [2.75, 3.05) is 16.8 Å². The monoisotopic (exact) mass is 339 g/mol. The van der Waals surface area contributed by atoms with Gasteiger partial charge in [0, 0.05) is 29.4 Å². The highest BCUT2D eigenvalue weighted by molar-refractivity contribution is 6.30. The van der Waals surface area contributed by atoms with Crippen molar-refractivity contribution < 1.29 is 9.59 Å². The van der Waals surface area contributed by atoms with Crippen LogP contribution in [0.1, 0.15) is 12.0 Å². The molecule has 0 bridgehead atoms. The van der Waals surface area contributed by atoms with E-state index < -0.39 is 5.92 Å². The van der Waals surface area contributed by atoms with Crippen LogP contribution < -0.4 is 10.2 Å². The number of halogens is 1. The van der Waals surface area contributed by atoms with Gasteiger partial charge in [-0.15, -0.1) is 0 Å². The van der Waals surface area contributed by atoms with Crippen molar-refractivity contribution in [3.05, 3.63) is 59.1 Å². The Morgan fingerprint density at radius 2 is 1.83 bits per heavy atom. The van der Waals surface area contributed by atoms with Crippen molar-refractivity contribution in [2.45, 2.75) is 6.42 Å². The van der Waals surface area contributed by atoms with Gasteiger partial charge in [0.2, 0.25) is 11.8 Å². The van der Waals surface area contributed by atoms with Crippen LogP contribution in [-0.4, -0.2) is 18.4 Å². The minimum absolute atomic E-state index is 0.0858. The summed E-state index contributed by atoms with van der Waals surface area (Å²) >= 11 is 5.86. The quantitative estimate of drug-likeness (QED) is 0.933. The number of rotatable bonds is 3. The molecule has 1 aliphatic rings. The molecule has 0 aromatic heterocycles. The number of nitriles is 1. The molecule has 1 saturated heterocycles. The zero-order chi connectivity index (χ0) is 17.1. The third kappa shape index (κ3) is 3.39. The molecule has 1 N–H and O–H groups in total. The molecule has 2 aromatic rings. The van der Waals surface area contributed by atoms with Gasteiger partial charge in [0.25, 0.3) is 0 Å². The first kappa shape index (κ1) is 16.0. The summed E-state index contributed by atoms with van der Waals surface area (Å²) in [6, 6.07) is 15.6. The SMILES string of the molecule is N#Cc1ccc(NC(=O)C2CC(=O)N(c3ccc(Cl)cc3)C2)cc1. The molecule has 6 heteroatoms. The Labute approximate surface area is 144 Å². The van der Waals surface area contributed by atoms with Crippen LogP contribution >= 0.6 is 11.6 Å². The van der Waals surface area contributed by atoms with E-state index in [0.29, 0.717) is 22.8 Å². The highest BCUT2D eigenvalue weighted by Gasteiger charge is 2.35. The van der Waals surface area contributed by atoms with Crippen LogP contribution in [0.5, 0.6) is 0 Å². The lowest BCUT2D eigenvalue weighted by atomic mass is 10.1. The lowest BCUT2D eigenvalue weighted by molar-refractivity contribution is -0.122. The first-order chi connectivity index (χ1) is 11.6. The predicted octanol–water partition coefficient (Wildman–Crippen LogP) is 3.20. The van der Waals surface area contributed by atoms with Crippen molar-refractivity contribution in [3.63, 3.8) is 0 Å². The average molecular weight is 340 g/mol. The molecule has 24 heavy (non-hydrogen) atoms. The van der Waals surface area contributed by atoms with Gasteiger partial charge >= 0.3 is 0 Å². The van der Waals surface area contributed by atoms with Crippen molar-refractivity contribution >= 4 is 34.8 Å². The predicted molar refractivity (Wildman–Crippen MR) is 91.7 cm³/mol.